The summed E-state index contributed by atoms with van der Waals surface area (Å²) in [7, 11) is -3.63. The SMILES string of the molecule is Cc1cc(/C=N/NS(=O)(=O)c2ccccc2)no1. The molecule has 0 atom stereocenters. The third-order valence-electron chi connectivity index (χ3n) is 2.07. The molecule has 0 unspecified atom stereocenters. The highest BCUT2D eigenvalue weighted by atomic mass is 32.2. The van der Waals surface area contributed by atoms with Crippen molar-refractivity contribution in [2.45, 2.75) is 11.8 Å². The molecule has 0 radical (unpaired) electrons. The second-order valence-corrected chi connectivity index (χ2v) is 5.19. The molecule has 18 heavy (non-hydrogen) atoms. The fourth-order valence-electron chi connectivity index (χ4n) is 1.26. The van der Waals surface area contributed by atoms with Crippen molar-refractivity contribution in [3.63, 3.8) is 0 Å². The molecule has 2 rings (SSSR count). The van der Waals surface area contributed by atoms with Gasteiger partial charge < -0.3 is 4.52 Å². The number of nitrogens with one attached hydrogen (secondary N) is 1. The van der Waals surface area contributed by atoms with Gasteiger partial charge in [-0.2, -0.15) is 13.5 Å². The first-order valence-electron chi connectivity index (χ1n) is 5.11. The Labute approximate surface area is 104 Å². The minimum Gasteiger partial charge on any atom is -0.361 e. The summed E-state index contributed by atoms with van der Waals surface area (Å²) in [6.45, 7) is 1.73. The maximum Gasteiger partial charge on any atom is 0.276 e. The number of aryl methyl sites for hydroxylation is 1. The van der Waals surface area contributed by atoms with Crippen molar-refractivity contribution < 1.29 is 12.9 Å². The van der Waals surface area contributed by atoms with E-state index in [0.717, 1.165) is 0 Å². The van der Waals surface area contributed by atoms with E-state index < -0.39 is 10.0 Å². The van der Waals surface area contributed by atoms with Crippen molar-refractivity contribution in [3.8, 4) is 0 Å². The van der Waals surface area contributed by atoms with Crippen LogP contribution in [0, 0.1) is 6.92 Å². The first-order chi connectivity index (χ1) is 8.58. The van der Waals surface area contributed by atoms with Gasteiger partial charge in [-0.15, -0.1) is 0 Å². The zero-order valence-corrected chi connectivity index (χ0v) is 10.4. The van der Waals surface area contributed by atoms with E-state index in [2.05, 4.69) is 15.1 Å². The van der Waals surface area contributed by atoms with Gasteiger partial charge in [0.2, 0.25) is 0 Å². The van der Waals surface area contributed by atoms with E-state index in [9.17, 15) is 8.42 Å². The highest BCUT2D eigenvalue weighted by molar-refractivity contribution is 7.89. The molecular formula is C11H11N3O3S. The Morgan fingerprint density at radius 1 is 1.33 bits per heavy atom. The van der Waals surface area contributed by atoms with Crippen LogP contribution in [-0.4, -0.2) is 19.8 Å². The van der Waals surface area contributed by atoms with E-state index in [1.807, 2.05) is 0 Å². The summed E-state index contributed by atoms with van der Waals surface area (Å²) < 4.78 is 28.3. The molecule has 0 saturated heterocycles. The molecule has 0 bridgehead atoms. The zero-order valence-electron chi connectivity index (χ0n) is 9.57. The van der Waals surface area contributed by atoms with Crippen molar-refractivity contribution in [2.24, 2.45) is 5.10 Å². The summed E-state index contributed by atoms with van der Waals surface area (Å²) in [5.41, 5.74) is 0.447. The summed E-state index contributed by atoms with van der Waals surface area (Å²) in [4.78, 5) is 2.24. The number of sulfonamides is 1. The predicted octanol–water partition coefficient (Wildman–Crippen LogP) is 1.30. The Bertz CT molecular complexity index is 647. The molecule has 1 N–H and O–H groups in total. The average molecular weight is 265 g/mol. The molecule has 7 heteroatoms. The van der Waals surface area contributed by atoms with Gasteiger partial charge in [0.25, 0.3) is 10.0 Å². The highest BCUT2D eigenvalue weighted by Crippen LogP contribution is 2.06. The molecule has 0 fully saturated rings. The molecular weight excluding hydrogens is 254 g/mol. The molecule has 1 heterocycles. The van der Waals surface area contributed by atoms with Gasteiger partial charge in [0.05, 0.1) is 11.1 Å². The lowest BCUT2D eigenvalue weighted by Gasteiger charge is -2.01. The van der Waals surface area contributed by atoms with E-state index in [4.69, 9.17) is 4.52 Å². The smallest absolute Gasteiger partial charge is 0.276 e. The molecule has 94 valence electrons. The van der Waals surface area contributed by atoms with Crippen LogP contribution in [0.4, 0.5) is 0 Å². The van der Waals surface area contributed by atoms with Crippen LogP contribution >= 0.6 is 0 Å². The fourth-order valence-corrected chi connectivity index (χ4v) is 2.07. The monoisotopic (exact) mass is 265 g/mol. The minimum atomic E-state index is -3.63. The summed E-state index contributed by atoms with van der Waals surface area (Å²) in [6.07, 6.45) is 1.27. The number of hydrazone groups is 1. The maximum absolute atomic E-state index is 11.8. The van der Waals surface area contributed by atoms with Gasteiger partial charge >= 0.3 is 0 Å². The van der Waals surface area contributed by atoms with Crippen LogP contribution in [0.1, 0.15) is 11.5 Å². The molecule has 1 aromatic heterocycles. The summed E-state index contributed by atoms with van der Waals surface area (Å²) in [5, 5.41) is 7.27. The van der Waals surface area contributed by atoms with Crippen LogP contribution in [-0.2, 0) is 10.0 Å². The van der Waals surface area contributed by atoms with Crippen LogP contribution in [0.3, 0.4) is 0 Å². The molecule has 6 nitrogen and oxygen atoms in total. The Kier molecular flexibility index (Phi) is 3.42. The van der Waals surface area contributed by atoms with Gasteiger partial charge in [0.15, 0.2) is 0 Å². The normalized spacial score (nSPS) is 11.8. The number of hydrogen-bond donors (Lipinski definition) is 1. The summed E-state index contributed by atoms with van der Waals surface area (Å²) in [5.74, 6) is 0.627. The third kappa shape index (κ3) is 2.95. The van der Waals surface area contributed by atoms with Crippen LogP contribution in [0.5, 0.6) is 0 Å². The van der Waals surface area contributed by atoms with Crippen LogP contribution in [0.25, 0.3) is 0 Å². The van der Waals surface area contributed by atoms with Gasteiger partial charge in [-0.05, 0) is 19.1 Å². The van der Waals surface area contributed by atoms with E-state index in [1.165, 1.54) is 18.3 Å². The Balaban J connectivity index is 2.08. The van der Waals surface area contributed by atoms with E-state index in [-0.39, 0.29) is 4.90 Å². The topological polar surface area (TPSA) is 84.6 Å². The first-order valence-corrected chi connectivity index (χ1v) is 6.59. The zero-order chi connectivity index (χ0) is 13.0. The Morgan fingerprint density at radius 3 is 2.67 bits per heavy atom. The standard InChI is InChI=1S/C11H11N3O3S/c1-9-7-10(13-17-9)8-12-14-18(15,16)11-5-3-2-4-6-11/h2-8,14H,1H3/b12-8+. The summed E-state index contributed by atoms with van der Waals surface area (Å²) in [6, 6.07) is 9.62. The molecule has 0 aliphatic rings. The number of aromatic nitrogens is 1. The van der Waals surface area contributed by atoms with Crippen molar-refractivity contribution >= 4 is 16.2 Å². The van der Waals surface area contributed by atoms with Crippen molar-refractivity contribution in [1.82, 2.24) is 9.99 Å². The van der Waals surface area contributed by atoms with Gasteiger partial charge in [0, 0.05) is 6.07 Å². The first kappa shape index (κ1) is 12.3. The van der Waals surface area contributed by atoms with Gasteiger partial charge in [0.1, 0.15) is 11.5 Å². The predicted molar refractivity (Wildman–Crippen MR) is 65.6 cm³/mol. The number of rotatable bonds is 4. The van der Waals surface area contributed by atoms with Crippen molar-refractivity contribution in [3.05, 3.63) is 47.9 Å². The molecule has 0 aliphatic carbocycles. The van der Waals surface area contributed by atoms with Gasteiger partial charge in [-0.1, -0.05) is 23.4 Å². The fraction of sp³-hybridized carbons (Fsp3) is 0.0909. The lowest BCUT2D eigenvalue weighted by Crippen LogP contribution is -2.18. The largest absolute Gasteiger partial charge is 0.361 e. The maximum atomic E-state index is 11.8. The molecule has 0 amide bonds. The van der Waals surface area contributed by atoms with Crippen LogP contribution < -0.4 is 4.83 Å². The Hall–Kier alpha value is -2.15. The summed E-state index contributed by atoms with van der Waals surface area (Å²) >= 11 is 0. The molecule has 0 saturated carbocycles. The lowest BCUT2D eigenvalue weighted by molar-refractivity contribution is 0.396. The van der Waals surface area contributed by atoms with Crippen molar-refractivity contribution in [2.75, 3.05) is 0 Å². The number of hydrogen-bond acceptors (Lipinski definition) is 5. The van der Waals surface area contributed by atoms with Crippen molar-refractivity contribution in [1.29, 1.82) is 0 Å². The minimum absolute atomic E-state index is 0.151. The second-order valence-electron chi connectivity index (χ2n) is 3.53. The van der Waals surface area contributed by atoms with E-state index in [1.54, 1.807) is 31.2 Å². The van der Waals surface area contributed by atoms with Gasteiger partial charge in [-0.25, -0.2) is 4.83 Å². The molecule has 2 aromatic rings. The van der Waals surface area contributed by atoms with E-state index >= 15 is 0 Å². The number of nitrogens with zero attached hydrogens (tertiary/aromatic N) is 2. The average Bonchev–Trinajstić information content (AvgIpc) is 2.76. The molecule has 0 spiro atoms. The third-order valence-corrected chi connectivity index (χ3v) is 3.31. The second kappa shape index (κ2) is 5.01. The number of benzene rings is 1. The molecule has 0 aliphatic heterocycles. The molecule has 1 aromatic carbocycles. The van der Waals surface area contributed by atoms with Gasteiger partial charge in [-0.3, -0.25) is 0 Å². The van der Waals surface area contributed by atoms with Crippen LogP contribution in [0.2, 0.25) is 0 Å². The highest BCUT2D eigenvalue weighted by Gasteiger charge is 2.11. The lowest BCUT2D eigenvalue weighted by atomic mass is 10.4. The quantitative estimate of drug-likeness (QED) is 0.667. The van der Waals surface area contributed by atoms with Crippen LogP contribution in [0.15, 0.2) is 50.9 Å². The Morgan fingerprint density at radius 2 is 2.06 bits per heavy atom. The van der Waals surface area contributed by atoms with E-state index in [0.29, 0.717) is 11.5 Å².